The summed E-state index contributed by atoms with van der Waals surface area (Å²) < 4.78 is 0. The first-order valence-corrected chi connectivity index (χ1v) is 27.1. The van der Waals surface area contributed by atoms with E-state index >= 15 is 0 Å². The average Bonchev–Trinajstić information content (AvgIpc) is 3.30. The van der Waals surface area contributed by atoms with Gasteiger partial charge in [-0.25, -0.2) is 0 Å². The zero-order valence-electron chi connectivity index (χ0n) is 37.7. The number of fused-ring (bicyclic) bond motifs is 2. The predicted octanol–water partition coefficient (Wildman–Crippen LogP) is 11.6. The Morgan fingerprint density at radius 1 is 0.429 bits per heavy atom. The molecule has 63 heavy (non-hydrogen) atoms. The topological polar surface area (TPSA) is 0 Å². The first-order valence-electron chi connectivity index (χ1n) is 22.2. The zero-order valence-corrected chi connectivity index (χ0v) is 42.8. The van der Waals surface area contributed by atoms with Crippen molar-refractivity contribution >= 4 is 78.9 Å². The summed E-state index contributed by atoms with van der Waals surface area (Å²) in [5.74, 6) is 2.97. The molecule has 1 saturated carbocycles. The van der Waals surface area contributed by atoms with Crippen LogP contribution in [0, 0.1) is 45.4 Å². The molecule has 1 fully saturated rings. The molecular weight excluding hydrogens is 931 g/mol. The van der Waals surface area contributed by atoms with E-state index in [0.717, 1.165) is 17.8 Å². The molecule has 0 nitrogen and oxygen atoms in total. The molecule has 0 amide bonds. The van der Waals surface area contributed by atoms with E-state index in [0.29, 0.717) is 0 Å². The average molecular weight is 991 g/mol. The second-order valence-corrected chi connectivity index (χ2v) is 22.0. The molecule has 0 heterocycles. The second-order valence-electron chi connectivity index (χ2n) is 17.6. The van der Waals surface area contributed by atoms with Gasteiger partial charge in [-0.3, -0.25) is 0 Å². The van der Waals surface area contributed by atoms with Crippen molar-refractivity contribution in [1.29, 1.82) is 0 Å². The van der Waals surface area contributed by atoms with E-state index < -0.39 is 15.8 Å². The van der Waals surface area contributed by atoms with Gasteiger partial charge in [-0.2, -0.15) is 0 Å². The Bertz CT molecular complexity index is 2420. The first-order chi connectivity index (χ1) is 30.1. The number of benzene rings is 8. The number of aryl methyl sites for hydroxylation is 4. The fraction of sp³-hybridized carbons (Fsp3) is 0.241. The Hall–Kier alpha value is -3.66. The standard InChI is InChI=1S/C48H40P2.C10H20.2ClH.Ru/c1-33-13-23-39(24-14-33)49(40-25-15-34(2)16-26-40)45-31-21-37-9-5-7-11-43(37)47(45)48-44-12-8-6-10-38(44)22-32-46(48)50(41-27-17-35(3)18-28-41)42-29-19-36(4)20-30-42;1-8(2)10-6-4-9(3)5-7-10;;;/h5-32H,1-4H3;8-10H,4-7H2,1-3H3;2*1H;/q;;;;+2/p-2. The van der Waals surface area contributed by atoms with Crippen molar-refractivity contribution in [2.75, 3.05) is 0 Å². The van der Waals surface area contributed by atoms with Gasteiger partial charge >= 0.3 is 27.0 Å². The van der Waals surface area contributed by atoms with Crippen molar-refractivity contribution < 1.29 is 29.7 Å². The van der Waals surface area contributed by atoms with E-state index in [9.17, 15) is 0 Å². The Morgan fingerprint density at radius 3 is 1.03 bits per heavy atom. The predicted molar refractivity (Wildman–Crippen MR) is 275 cm³/mol. The minimum absolute atomic E-state index is 0. The van der Waals surface area contributed by atoms with Crippen molar-refractivity contribution in [3.63, 3.8) is 0 Å². The molecule has 0 aliphatic heterocycles. The van der Waals surface area contributed by atoms with Crippen molar-refractivity contribution in [2.45, 2.75) is 74.1 Å². The van der Waals surface area contributed by atoms with Crippen LogP contribution in [-0.4, -0.2) is 0 Å². The first kappa shape index (κ1) is 48.8. The molecule has 0 N–H and O–H groups in total. The maximum atomic E-state index is 4.57. The van der Waals surface area contributed by atoms with Crippen LogP contribution in [0.15, 0.2) is 170 Å². The van der Waals surface area contributed by atoms with Crippen molar-refractivity contribution in [1.82, 2.24) is 0 Å². The molecule has 0 unspecified atom stereocenters. The van der Waals surface area contributed by atoms with Gasteiger partial charge in [0.2, 0.25) is 0 Å². The van der Waals surface area contributed by atoms with Gasteiger partial charge in [0.25, 0.3) is 0 Å². The number of rotatable bonds is 8. The van der Waals surface area contributed by atoms with Crippen LogP contribution in [0.25, 0.3) is 32.7 Å². The van der Waals surface area contributed by atoms with Crippen molar-refractivity contribution in [2.24, 2.45) is 17.8 Å². The molecule has 5 heteroatoms. The maximum absolute atomic E-state index is 4.57. The van der Waals surface area contributed by atoms with Gasteiger partial charge in [0.05, 0.1) is 0 Å². The monoisotopic (exact) mass is 990 g/mol. The summed E-state index contributed by atoms with van der Waals surface area (Å²) in [7, 11) is 2.80. The van der Waals surface area contributed by atoms with Gasteiger partial charge < -0.3 is 12.4 Å². The van der Waals surface area contributed by atoms with Crippen LogP contribution in [0.3, 0.4) is 0 Å². The van der Waals surface area contributed by atoms with Gasteiger partial charge in [0.15, 0.2) is 0 Å². The van der Waals surface area contributed by atoms with E-state index in [2.05, 4.69) is 228 Å². The van der Waals surface area contributed by atoms with Crippen LogP contribution < -0.4 is 44.2 Å². The summed E-state index contributed by atoms with van der Waals surface area (Å²) in [5, 5.41) is 13.4. The van der Waals surface area contributed by atoms with Crippen LogP contribution in [0.2, 0.25) is 0 Å². The minimum atomic E-state index is -0.885. The summed E-state index contributed by atoms with van der Waals surface area (Å²) in [6, 6.07) is 64.6. The molecule has 1 aliphatic carbocycles. The summed E-state index contributed by atoms with van der Waals surface area (Å²) >= 11 is 1.82. The SMILES string of the molecule is CC1CCC(C(C)C)CC1.Cc1ccc(P(c2ccc(C)cc2)c2ccc3ccccc3c2-c2c(P(c3ccc(C)cc3)c3ccc(C)cc3)ccc3ccccc23)cc1.[Cl-].[Cl][Ru+]. The van der Waals surface area contributed by atoms with Gasteiger partial charge in [-0.15, -0.1) is 0 Å². The van der Waals surface area contributed by atoms with Crippen LogP contribution in [-0.2, 0) is 17.3 Å². The third kappa shape index (κ3) is 11.6. The van der Waals surface area contributed by atoms with Gasteiger partial charge in [-0.05, 0) is 139 Å². The van der Waals surface area contributed by atoms with Gasteiger partial charge in [0, 0.05) is 0 Å². The Kier molecular flexibility index (Phi) is 17.8. The van der Waals surface area contributed by atoms with Crippen LogP contribution in [0.1, 0.15) is 68.7 Å². The molecule has 9 rings (SSSR count). The zero-order chi connectivity index (χ0) is 43.8. The van der Waals surface area contributed by atoms with Crippen LogP contribution in [0.5, 0.6) is 0 Å². The van der Waals surface area contributed by atoms with E-state index in [4.69, 9.17) is 0 Å². The van der Waals surface area contributed by atoms with E-state index in [1.54, 1.807) is 0 Å². The van der Waals surface area contributed by atoms with E-state index in [1.165, 1.54) is 112 Å². The molecule has 8 aromatic rings. The summed E-state index contributed by atoms with van der Waals surface area (Å²) in [4.78, 5) is 0. The van der Waals surface area contributed by atoms with Gasteiger partial charge in [0.1, 0.15) is 0 Å². The second kappa shape index (κ2) is 23.0. The van der Waals surface area contributed by atoms with Crippen molar-refractivity contribution in [3.05, 3.63) is 192 Å². The number of halogens is 2. The summed E-state index contributed by atoms with van der Waals surface area (Å²) in [6.07, 6.45) is 5.92. The van der Waals surface area contributed by atoms with Crippen LogP contribution in [0.4, 0.5) is 0 Å². The quantitative estimate of drug-likeness (QED) is 0.105. The van der Waals surface area contributed by atoms with E-state index in [-0.39, 0.29) is 12.4 Å². The molecule has 1 aliphatic rings. The van der Waals surface area contributed by atoms with Crippen LogP contribution >= 0.6 is 25.5 Å². The third-order valence-corrected chi connectivity index (χ3v) is 17.7. The molecule has 0 aromatic heterocycles. The van der Waals surface area contributed by atoms with Gasteiger partial charge in [-0.1, -0.05) is 226 Å². The Morgan fingerprint density at radius 2 is 0.730 bits per heavy atom. The van der Waals surface area contributed by atoms with E-state index in [1.807, 2.05) is 17.3 Å². The number of hydrogen-bond acceptors (Lipinski definition) is 0. The molecular formula is C58H60Cl2P2Ru. The molecule has 0 saturated heterocycles. The molecule has 0 radical (unpaired) electrons. The molecule has 324 valence electrons. The molecule has 0 atom stereocenters. The molecule has 8 aromatic carbocycles. The number of hydrogen-bond donors (Lipinski definition) is 0. The molecule has 0 bridgehead atoms. The summed E-state index contributed by atoms with van der Waals surface area (Å²) in [5.41, 5.74) is 7.84. The molecule has 0 spiro atoms. The fourth-order valence-electron chi connectivity index (χ4n) is 9.00. The van der Waals surface area contributed by atoms with Crippen molar-refractivity contribution in [3.8, 4) is 11.1 Å². The fourth-order valence-corrected chi connectivity index (χ4v) is 13.9. The normalized spacial score (nSPS) is 14.8. The Labute approximate surface area is 400 Å². The Balaban J connectivity index is 0.000000446. The third-order valence-electron chi connectivity index (χ3n) is 12.7. The summed E-state index contributed by atoms with van der Waals surface area (Å²) in [6.45, 7) is 15.8.